The van der Waals surface area contributed by atoms with Crippen LogP contribution in [0.25, 0.3) is 0 Å². The summed E-state index contributed by atoms with van der Waals surface area (Å²) in [5.41, 5.74) is 7.20. The molecule has 1 atom stereocenters. The maximum atomic E-state index is 10.1. The molecule has 188 valence electrons. The van der Waals surface area contributed by atoms with Crippen LogP contribution in [0.4, 0.5) is 0 Å². The van der Waals surface area contributed by atoms with Crippen molar-refractivity contribution >= 4 is 0 Å². The van der Waals surface area contributed by atoms with E-state index < -0.39 is 0 Å². The van der Waals surface area contributed by atoms with Gasteiger partial charge in [-0.05, 0) is 105 Å². The van der Waals surface area contributed by atoms with Gasteiger partial charge in [-0.25, -0.2) is 0 Å². The lowest BCUT2D eigenvalue weighted by atomic mass is 9.86. The minimum atomic E-state index is 0.292. The Morgan fingerprint density at radius 1 is 0.629 bits per heavy atom. The van der Waals surface area contributed by atoms with Gasteiger partial charge < -0.3 is 14.9 Å². The van der Waals surface area contributed by atoms with Crippen LogP contribution in [0.1, 0.15) is 59.5 Å². The molecule has 1 N–H and O–H groups in total. The van der Waals surface area contributed by atoms with E-state index in [1.165, 1.54) is 100 Å². The molecule has 0 aromatic heterocycles. The molecule has 0 saturated carbocycles. The van der Waals surface area contributed by atoms with E-state index in [9.17, 15) is 5.11 Å². The summed E-state index contributed by atoms with van der Waals surface area (Å²) in [5.74, 6) is 0.396. The Labute approximate surface area is 211 Å². The molecule has 2 aromatic carbocycles. The van der Waals surface area contributed by atoms with Crippen LogP contribution in [0.5, 0.6) is 5.75 Å². The zero-order chi connectivity index (χ0) is 23.6. The number of hydrogen-bond acceptors (Lipinski definition) is 5. The van der Waals surface area contributed by atoms with Crippen molar-refractivity contribution in [1.29, 1.82) is 0 Å². The average Bonchev–Trinajstić information content (AvgIpc) is 3.60. The second-order valence-corrected chi connectivity index (χ2v) is 11.2. The topological polar surface area (TPSA) is 33.2 Å². The predicted molar refractivity (Wildman–Crippen MR) is 142 cm³/mol. The molecule has 5 nitrogen and oxygen atoms in total. The number of rotatable bonds is 7. The number of benzene rings is 2. The molecular weight excluding hydrogens is 432 g/mol. The van der Waals surface area contributed by atoms with Gasteiger partial charge in [-0.15, -0.1) is 0 Å². The van der Waals surface area contributed by atoms with Gasteiger partial charge in [0.25, 0.3) is 0 Å². The second-order valence-electron chi connectivity index (χ2n) is 11.2. The lowest BCUT2D eigenvalue weighted by Crippen LogP contribution is -2.41. The summed E-state index contributed by atoms with van der Waals surface area (Å²) in [7, 11) is 0. The Balaban J connectivity index is 1.20. The standard InChI is InChI=1S/C30H42N4O/c35-28-7-8-29-25(22-28)10-16-34(20-19-32-13-3-4-14-32)30(29)26-5-6-27-23-33(15-9-24(27)21-26)18-17-31-11-1-2-12-31/h5-8,21-22,30,35H,1-4,9-20,23H2. The Morgan fingerprint density at radius 3 is 2.09 bits per heavy atom. The van der Waals surface area contributed by atoms with E-state index in [2.05, 4.69) is 43.9 Å². The number of fused-ring (bicyclic) bond motifs is 2. The van der Waals surface area contributed by atoms with Crippen LogP contribution in [0.2, 0.25) is 0 Å². The molecule has 4 aliphatic rings. The number of nitrogens with zero attached hydrogens (tertiary/aromatic N) is 4. The fourth-order valence-electron chi connectivity index (χ4n) is 6.85. The smallest absolute Gasteiger partial charge is 0.115 e. The van der Waals surface area contributed by atoms with Crippen molar-refractivity contribution in [2.24, 2.45) is 0 Å². The Bertz CT molecular complexity index is 1010. The summed E-state index contributed by atoms with van der Waals surface area (Å²) in [5, 5.41) is 10.1. The first-order valence-corrected chi connectivity index (χ1v) is 14.1. The molecule has 4 aliphatic heterocycles. The van der Waals surface area contributed by atoms with Gasteiger partial charge in [0.05, 0.1) is 6.04 Å². The van der Waals surface area contributed by atoms with Gasteiger partial charge in [0.2, 0.25) is 0 Å². The number of phenolic OH excluding ortho intramolecular Hbond substituents is 1. The third-order valence-electron chi connectivity index (χ3n) is 8.93. The molecule has 2 fully saturated rings. The van der Waals surface area contributed by atoms with Gasteiger partial charge in [-0.3, -0.25) is 9.80 Å². The zero-order valence-electron chi connectivity index (χ0n) is 21.3. The fourth-order valence-corrected chi connectivity index (χ4v) is 6.85. The van der Waals surface area contributed by atoms with Gasteiger partial charge >= 0.3 is 0 Å². The minimum absolute atomic E-state index is 0.292. The molecular formula is C30H42N4O. The van der Waals surface area contributed by atoms with Crippen molar-refractivity contribution < 1.29 is 5.11 Å². The van der Waals surface area contributed by atoms with E-state index in [1.54, 1.807) is 5.56 Å². The molecule has 35 heavy (non-hydrogen) atoms. The number of phenols is 1. The van der Waals surface area contributed by atoms with Gasteiger partial charge in [0.1, 0.15) is 5.75 Å². The monoisotopic (exact) mass is 474 g/mol. The second kappa shape index (κ2) is 10.6. The molecule has 1 unspecified atom stereocenters. The Morgan fingerprint density at radius 2 is 1.31 bits per heavy atom. The fraction of sp³-hybridized carbons (Fsp3) is 0.600. The SMILES string of the molecule is Oc1ccc2c(c1)CCN(CCN1CCCC1)C2c1ccc2c(c1)CCN(CCN1CCCC1)C2. The summed E-state index contributed by atoms with van der Waals surface area (Å²) in [4.78, 5) is 10.6. The maximum Gasteiger partial charge on any atom is 0.115 e. The van der Waals surface area contributed by atoms with E-state index in [4.69, 9.17) is 0 Å². The lowest BCUT2D eigenvalue weighted by Gasteiger charge is -2.39. The van der Waals surface area contributed by atoms with E-state index in [-0.39, 0.29) is 0 Å². The molecule has 6 rings (SSSR count). The largest absolute Gasteiger partial charge is 0.508 e. The summed E-state index contributed by atoms with van der Waals surface area (Å²) in [6.07, 6.45) is 7.65. The van der Waals surface area contributed by atoms with Crippen LogP contribution in [0.15, 0.2) is 36.4 Å². The predicted octanol–water partition coefficient (Wildman–Crippen LogP) is 3.89. The number of hydrogen-bond donors (Lipinski definition) is 1. The highest BCUT2D eigenvalue weighted by Crippen LogP contribution is 2.37. The highest BCUT2D eigenvalue weighted by Gasteiger charge is 2.30. The van der Waals surface area contributed by atoms with Crippen LogP contribution in [-0.2, 0) is 19.4 Å². The lowest BCUT2D eigenvalue weighted by molar-refractivity contribution is 0.182. The van der Waals surface area contributed by atoms with Crippen LogP contribution in [0, 0.1) is 0 Å². The molecule has 0 spiro atoms. The van der Waals surface area contributed by atoms with Crippen molar-refractivity contribution in [3.05, 3.63) is 64.2 Å². The third-order valence-corrected chi connectivity index (χ3v) is 8.93. The third kappa shape index (κ3) is 5.29. The molecule has 5 heteroatoms. The number of likely N-dealkylation sites (tertiary alicyclic amines) is 2. The molecule has 0 aliphatic carbocycles. The van der Waals surface area contributed by atoms with Crippen molar-refractivity contribution in [3.63, 3.8) is 0 Å². The summed E-state index contributed by atoms with van der Waals surface area (Å²) < 4.78 is 0. The summed E-state index contributed by atoms with van der Waals surface area (Å²) in [6.45, 7) is 13.2. The van der Waals surface area contributed by atoms with Crippen LogP contribution in [0.3, 0.4) is 0 Å². The Kier molecular flexibility index (Phi) is 7.11. The van der Waals surface area contributed by atoms with E-state index >= 15 is 0 Å². The quantitative estimate of drug-likeness (QED) is 0.658. The van der Waals surface area contributed by atoms with Crippen LogP contribution in [-0.4, -0.2) is 90.2 Å². The van der Waals surface area contributed by atoms with E-state index in [0.717, 1.165) is 32.5 Å². The first-order chi connectivity index (χ1) is 17.2. The van der Waals surface area contributed by atoms with Crippen molar-refractivity contribution in [3.8, 4) is 5.75 Å². The van der Waals surface area contributed by atoms with Gasteiger partial charge in [0.15, 0.2) is 0 Å². The Hall–Kier alpha value is -1.92. The normalized spacial score (nSPS) is 24.1. The summed E-state index contributed by atoms with van der Waals surface area (Å²) in [6, 6.07) is 13.7. The van der Waals surface area contributed by atoms with Crippen LogP contribution >= 0.6 is 0 Å². The molecule has 4 heterocycles. The van der Waals surface area contributed by atoms with Crippen molar-refractivity contribution in [2.75, 3.05) is 65.4 Å². The average molecular weight is 475 g/mol. The van der Waals surface area contributed by atoms with E-state index in [0.29, 0.717) is 11.8 Å². The molecule has 2 aromatic rings. The zero-order valence-corrected chi connectivity index (χ0v) is 21.3. The van der Waals surface area contributed by atoms with Crippen molar-refractivity contribution in [1.82, 2.24) is 19.6 Å². The van der Waals surface area contributed by atoms with Gasteiger partial charge in [-0.1, -0.05) is 24.3 Å². The van der Waals surface area contributed by atoms with E-state index in [1.807, 2.05) is 12.1 Å². The highest BCUT2D eigenvalue weighted by molar-refractivity contribution is 5.45. The highest BCUT2D eigenvalue weighted by atomic mass is 16.3. The van der Waals surface area contributed by atoms with Gasteiger partial charge in [-0.2, -0.15) is 0 Å². The minimum Gasteiger partial charge on any atom is -0.508 e. The molecule has 0 bridgehead atoms. The van der Waals surface area contributed by atoms with Crippen LogP contribution < -0.4 is 0 Å². The van der Waals surface area contributed by atoms with Gasteiger partial charge in [0, 0.05) is 45.8 Å². The summed E-state index contributed by atoms with van der Waals surface area (Å²) >= 11 is 0. The molecule has 0 radical (unpaired) electrons. The molecule has 2 saturated heterocycles. The first kappa shape index (κ1) is 23.5. The number of aromatic hydroxyl groups is 1. The molecule has 0 amide bonds. The van der Waals surface area contributed by atoms with Crippen molar-refractivity contribution in [2.45, 2.75) is 51.1 Å². The first-order valence-electron chi connectivity index (χ1n) is 14.1. The maximum absolute atomic E-state index is 10.1.